The zero-order valence-electron chi connectivity index (χ0n) is 12.3. The van der Waals surface area contributed by atoms with Crippen LogP contribution in [-0.4, -0.2) is 35.4 Å². The third kappa shape index (κ3) is 4.20. The first-order chi connectivity index (χ1) is 10.2. The van der Waals surface area contributed by atoms with Gasteiger partial charge in [0.2, 0.25) is 5.91 Å². The van der Waals surface area contributed by atoms with Gasteiger partial charge in [0, 0.05) is 29.0 Å². The molecule has 1 saturated carbocycles. The van der Waals surface area contributed by atoms with Crippen molar-refractivity contribution in [3.05, 3.63) is 11.1 Å². The molecule has 1 unspecified atom stereocenters. The highest BCUT2D eigenvalue weighted by Crippen LogP contribution is 2.35. The van der Waals surface area contributed by atoms with Gasteiger partial charge in [0.05, 0.1) is 12.5 Å². The van der Waals surface area contributed by atoms with Crippen LogP contribution in [-0.2, 0) is 9.53 Å². The monoisotopic (exact) mass is 326 g/mol. The fourth-order valence-corrected chi connectivity index (χ4v) is 5.20. The van der Waals surface area contributed by atoms with Gasteiger partial charge in [0.25, 0.3) is 0 Å². The Kier molecular flexibility index (Phi) is 5.19. The zero-order chi connectivity index (χ0) is 14.7. The molecule has 4 nitrogen and oxygen atoms in total. The van der Waals surface area contributed by atoms with E-state index in [4.69, 9.17) is 4.74 Å². The average molecular weight is 326 g/mol. The normalized spacial score (nSPS) is 29.5. The van der Waals surface area contributed by atoms with E-state index in [9.17, 15) is 4.79 Å². The SMILES string of the molecule is Cc1csc(SC2CCC(NC(=O)C3CCOC3)CC2)n1. The first kappa shape index (κ1) is 15.3. The quantitative estimate of drug-likeness (QED) is 0.924. The summed E-state index contributed by atoms with van der Waals surface area (Å²) < 4.78 is 6.47. The van der Waals surface area contributed by atoms with E-state index in [1.807, 2.05) is 18.7 Å². The highest BCUT2D eigenvalue weighted by Gasteiger charge is 2.28. The van der Waals surface area contributed by atoms with Crippen LogP contribution < -0.4 is 5.32 Å². The summed E-state index contributed by atoms with van der Waals surface area (Å²) in [4.78, 5) is 16.6. The number of amides is 1. The smallest absolute Gasteiger partial charge is 0.225 e. The van der Waals surface area contributed by atoms with Crippen molar-refractivity contribution < 1.29 is 9.53 Å². The van der Waals surface area contributed by atoms with E-state index in [1.54, 1.807) is 11.3 Å². The first-order valence-electron chi connectivity index (χ1n) is 7.67. The molecule has 1 atom stereocenters. The predicted molar refractivity (Wildman–Crippen MR) is 85.8 cm³/mol. The molecule has 21 heavy (non-hydrogen) atoms. The van der Waals surface area contributed by atoms with Crippen molar-refractivity contribution in [3.8, 4) is 0 Å². The van der Waals surface area contributed by atoms with Crippen molar-refractivity contribution in [1.29, 1.82) is 0 Å². The second-order valence-electron chi connectivity index (χ2n) is 5.92. The summed E-state index contributed by atoms with van der Waals surface area (Å²) in [6.45, 7) is 3.37. The average Bonchev–Trinajstić information content (AvgIpc) is 3.13. The van der Waals surface area contributed by atoms with Crippen LogP contribution in [0.25, 0.3) is 0 Å². The number of carbonyl (C=O) groups is 1. The van der Waals surface area contributed by atoms with Crippen LogP contribution in [0.5, 0.6) is 0 Å². The minimum atomic E-state index is 0.0791. The molecule has 0 radical (unpaired) electrons. The van der Waals surface area contributed by atoms with Gasteiger partial charge >= 0.3 is 0 Å². The van der Waals surface area contributed by atoms with E-state index < -0.39 is 0 Å². The number of aromatic nitrogens is 1. The summed E-state index contributed by atoms with van der Waals surface area (Å²) in [5.74, 6) is 0.273. The molecule has 1 N–H and O–H groups in total. The molecule has 6 heteroatoms. The fraction of sp³-hybridized carbons (Fsp3) is 0.733. The van der Waals surface area contributed by atoms with Crippen LogP contribution in [0.1, 0.15) is 37.8 Å². The molecule has 0 aromatic carbocycles. The lowest BCUT2D eigenvalue weighted by Gasteiger charge is -2.28. The minimum Gasteiger partial charge on any atom is -0.381 e. The van der Waals surface area contributed by atoms with E-state index in [2.05, 4.69) is 15.7 Å². The Morgan fingerprint density at radius 2 is 2.19 bits per heavy atom. The van der Waals surface area contributed by atoms with Crippen molar-refractivity contribution in [1.82, 2.24) is 10.3 Å². The molecule has 1 aliphatic heterocycles. The number of nitrogens with zero attached hydrogens (tertiary/aromatic N) is 1. The topological polar surface area (TPSA) is 51.2 Å². The molecule has 1 aromatic rings. The van der Waals surface area contributed by atoms with E-state index in [-0.39, 0.29) is 11.8 Å². The highest BCUT2D eigenvalue weighted by molar-refractivity contribution is 8.01. The first-order valence-corrected chi connectivity index (χ1v) is 9.43. The number of thiazole rings is 1. The van der Waals surface area contributed by atoms with Gasteiger partial charge in [0.1, 0.15) is 4.34 Å². The molecule has 2 aliphatic rings. The van der Waals surface area contributed by atoms with Crippen molar-refractivity contribution in [2.45, 2.75) is 54.7 Å². The van der Waals surface area contributed by atoms with Gasteiger partial charge in [-0.3, -0.25) is 4.79 Å². The lowest BCUT2D eigenvalue weighted by molar-refractivity contribution is -0.125. The van der Waals surface area contributed by atoms with E-state index in [1.165, 1.54) is 4.34 Å². The largest absolute Gasteiger partial charge is 0.381 e. The van der Waals surface area contributed by atoms with Crippen molar-refractivity contribution in [2.24, 2.45) is 5.92 Å². The Bertz CT molecular complexity index is 478. The number of hydrogen-bond acceptors (Lipinski definition) is 5. The van der Waals surface area contributed by atoms with E-state index in [0.29, 0.717) is 17.9 Å². The summed E-state index contributed by atoms with van der Waals surface area (Å²) in [6, 6.07) is 0.355. The lowest BCUT2D eigenvalue weighted by Crippen LogP contribution is -2.41. The molecule has 116 valence electrons. The van der Waals surface area contributed by atoms with Gasteiger partial charge in [-0.25, -0.2) is 4.98 Å². The maximum absolute atomic E-state index is 12.1. The third-order valence-electron chi connectivity index (χ3n) is 4.19. The molecule has 1 amide bonds. The van der Waals surface area contributed by atoms with Gasteiger partial charge in [-0.1, -0.05) is 11.8 Å². The molecule has 2 heterocycles. The lowest BCUT2D eigenvalue weighted by atomic mass is 9.94. The maximum atomic E-state index is 12.1. The van der Waals surface area contributed by atoms with Crippen molar-refractivity contribution >= 4 is 29.0 Å². The molecular formula is C15H22N2O2S2. The van der Waals surface area contributed by atoms with Crippen molar-refractivity contribution in [3.63, 3.8) is 0 Å². The Morgan fingerprint density at radius 3 is 2.81 bits per heavy atom. The third-order valence-corrected chi connectivity index (χ3v) is 6.61. The van der Waals surface area contributed by atoms with Gasteiger partial charge in [-0.2, -0.15) is 0 Å². The molecule has 3 rings (SSSR count). The molecule has 1 saturated heterocycles. The summed E-state index contributed by atoms with van der Waals surface area (Å²) in [5.41, 5.74) is 1.11. The number of ether oxygens (including phenoxy) is 1. The molecule has 0 spiro atoms. The van der Waals surface area contributed by atoms with Gasteiger partial charge < -0.3 is 10.1 Å². The van der Waals surface area contributed by atoms with Crippen LogP contribution in [0.15, 0.2) is 9.72 Å². The number of thioether (sulfide) groups is 1. The van der Waals surface area contributed by atoms with Gasteiger partial charge in [0.15, 0.2) is 0 Å². The predicted octanol–water partition coefficient (Wildman–Crippen LogP) is 3.01. The molecule has 1 aliphatic carbocycles. The van der Waals surface area contributed by atoms with Crippen LogP contribution >= 0.6 is 23.1 Å². The Labute approximate surface area is 134 Å². The number of aryl methyl sites for hydroxylation is 1. The molecule has 2 fully saturated rings. The fourth-order valence-electron chi connectivity index (χ4n) is 2.91. The van der Waals surface area contributed by atoms with Crippen molar-refractivity contribution in [2.75, 3.05) is 13.2 Å². The zero-order valence-corrected chi connectivity index (χ0v) is 14.0. The number of carbonyl (C=O) groups excluding carboxylic acids is 1. The molecule has 0 bridgehead atoms. The standard InChI is InChI=1S/C15H22N2O2S2/c1-10-9-20-15(16-10)21-13-4-2-12(3-5-13)17-14(18)11-6-7-19-8-11/h9,11-13H,2-8H2,1H3,(H,17,18). The Morgan fingerprint density at radius 1 is 1.38 bits per heavy atom. The minimum absolute atomic E-state index is 0.0791. The second-order valence-corrected chi connectivity index (χ2v) is 8.32. The van der Waals surface area contributed by atoms with Crippen LogP contribution in [0.4, 0.5) is 0 Å². The Balaban J connectivity index is 1.41. The number of hydrogen-bond donors (Lipinski definition) is 1. The maximum Gasteiger partial charge on any atom is 0.225 e. The summed E-state index contributed by atoms with van der Waals surface area (Å²) in [5, 5.41) is 5.97. The van der Waals surface area contributed by atoms with E-state index >= 15 is 0 Å². The van der Waals surface area contributed by atoms with Gasteiger partial charge in [-0.05, 0) is 39.0 Å². The Hall–Kier alpha value is -0.590. The number of rotatable bonds is 4. The van der Waals surface area contributed by atoms with Crippen LogP contribution in [0, 0.1) is 12.8 Å². The summed E-state index contributed by atoms with van der Waals surface area (Å²) in [7, 11) is 0. The van der Waals surface area contributed by atoms with Crippen LogP contribution in [0.3, 0.4) is 0 Å². The molecule has 1 aromatic heterocycles. The molecular weight excluding hydrogens is 304 g/mol. The summed E-state index contributed by atoms with van der Waals surface area (Å²) in [6.07, 6.45) is 5.37. The van der Waals surface area contributed by atoms with Gasteiger partial charge in [-0.15, -0.1) is 11.3 Å². The second kappa shape index (κ2) is 7.11. The summed E-state index contributed by atoms with van der Waals surface area (Å²) >= 11 is 3.65. The number of nitrogens with one attached hydrogen (secondary N) is 1. The highest BCUT2D eigenvalue weighted by atomic mass is 32.2. The van der Waals surface area contributed by atoms with Crippen LogP contribution in [0.2, 0.25) is 0 Å². The van der Waals surface area contributed by atoms with E-state index in [0.717, 1.165) is 44.4 Å².